The molecule has 0 amide bonds. The van der Waals surface area contributed by atoms with E-state index in [2.05, 4.69) is 41.3 Å². The van der Waals surface area contributed by atoms with E-state index in [1.54, 1.807) is 0 Å². The van der Waals surface area contributed by atoms with E-state index in [1.165, 1.54) is 5.56 Å². The first kappa shape index (κ1) is 15.3. The maximum absolute atomic E-state index is 5.58. The monoisotopic (exact) mass is 285 g/mol. The van der Waals surface area contributed by atoms with Crippen LogP contribution in [0.2, 0.25) is 0 Å². The number of benzene rings is 1. The summed E-state index contributed by atoms with van der Waals surface area (Å²) >= 11 is 0. The number of nitrogens with zero attached hydrogens (tertiary/aromatic N) is 3. The molecular weight excluding hydrogens is 262 g/mol. The molecule has 0 radical (unpaired) electrons. The van der Waals surface area contributed by atoms with Crippen molar-refractivity contribution in [2.45, 2.75) is 33.2 Å². The average Bonchev–Trinajstić information content (AvgIpc) is 2.48. The summed E-state index contributed by atoms with van der Waals surface area (Å²) in [6.07, 6.45) is 0. The molecule has 0 fully saturated rings. The minimum absolute atomic E-state index is 0.251. The zero-order valence-corrected chi connectivity index (χ0v) is 13.1. The molecular formula is C16H23N5. The second-order valence-electron chi connectivity index (χ2n) is 5.52. The Morgan fingerprint density at radius 1 is 1.19 bits per heavy atom. The molecule has 0 atom stereocenters. The molecule has 0 aliphatic carbocycles. The predicted octanol–water partition coefficient (Wildman–Crippen LogP) is 2.83. The lowest BCUT2D eigenvalue weighted by atomic mass is 10.2. The first-order chi connectivity index (χ1) is 10.0. The Balaban J connectivity index is 2.35. The fraction of sp³-hybridized carbons (Fsp3) is 0.375. The van der Waals surface area contributed by atoms with Gasteiger partial charge in [-0.3, -0.25) is 0 Å². The van der Waals surface area contributed by atoms with Crippen molar-refractivity contribution in [1.29, 1.82) is 0 Å². The molecule has 1 aromatic carbocycles. The van der Waals surface area contributed by atoms with E-state index >= 15 is 0 Å². The van der Waals surface area contributed by atoms with Gasteiger partial charge in [-0.2, -0.15) is 0 Å². The van der Waals surface area contributed by atoms with Crippen LogP contribution in [-0.4, -0.2) is 17.0 Å². The number of nitrogens with one attached hydrogen (secondary N) is 1. The molecule has 0 saturated heterocycles. The molecule has 1 heterocycles. The molecule has 5 nitrogen and oxygen atoms in total. The number of hydrazine groups is 1. The Morgan fingerprint density at radius 3 is 2.43 bits per heavy atom. The van der Waals surface area contributed by atoms with Crippen LogP contribution in [0.15, 0.2) is 30.3 Å². The van der Waals surface area contributed by atoms with Gasteiger partial charge in [0.15, 0.2) is 0 Å². The van der Waals surface area contributed by atoms with E-state index in [4.69, 9.17) is 10.8 Å². The second kappa shape index (κ2) is 6.54. The van der Waals surface area contributed by atoms with Crippen LogP contribution in [0.4, 0.5) is 11.6 Å². The molecule has 2 aromatic rings. The first-order valence-corrected chi connectivity index (χ1v) is 7.13. The number of anilines is 2. The number of nitrogen functional groups attached to an aromatic ring is 1. The van der Waals surface area contributed by atoms with Gasteiger partial charge in [-0.1, -0.05) is 44.2 Å². The van der Waals surface area contributed by atoms with Crippen molar-refractivity contribution in [2.75, 3.05) is 17.4 Å². The number of hydrogen-bond donors (Lipinski definition) is 2. The zero-order valence-electron chi connectivity index (χ0n) is 13.1. The fourth-order valence-corrected chi connectivity index (χ4v) is 2.22. The summed E-state index contributed by atoms with van der Waals surface area (Å²) in [5.74, 6) is 8.22. The van der Waals surface area contributed by atoms with E-state index in [1.807, 2.05) is 32.2 Å². The molecule has 5 heteroatoms. The van der Waals surface area contributed by atoms with Gasteiger partial charge in [0.25, 0.3) is 0 Å². The number of hydrogen-bond acceptors (Lipinski definition) is 5. The lowest BCUT2D eigenvalue weighted by molar-refractivity contribution is 0.759. The Hall–Kier alpha value is -2.14. The van der Waals surface area contributed by atoms with Crippen molar-refractivity contribution in [2.24, 2.45) is 5.84 Å². The molecule has 0 aliphatic rings. The fourth-order valence-electron chi connectivity index (χ4n) is 2.22. The van der Waals surface area contributed by atoms with E-state index in [0.717, 1.165) is 23.8 Å². The molecule has 2 rings (SSSR count). The second-order valence-corrected chi connectivity index (χ2v) is 5.52. The molecule has 21 heavy (non-hydrogen) atoms. The largest absolute Gasteiger partial charge is 0.355 e. The van der Waals surface area contributed by atoms with Gasteiger partial charge in [0.1, 0.15) is 17.5 Å². The summed E-state index contributed by atoms with van der Waals surface area (Å²) in [5.41, 5.74) is 4.87. The molecule has 3 N–H and O–H groups in total. The molecule has 0 unspecified atom stereocenters. The first-order valence-electron chi connectivity index (χ1n) is 7.13. The van der Waals surface area contributed by atoms with Gasteiger partial charge >= 0.3 is 0 Å². The van der Waals surface area contributed by atoms with Crippen LogP contribution in [0.5, 0.6) is 0 Å². The Bertz CT molecular complexity index is 595. The molecule has 0 bridgehead atoms. The molecule has 0 saturated carbocycles. The molecule has 1 aromatic heterocycles. The van der Waals surface area contributed by atoms with Gasteiger partial charge in [-0.05, 0) is 12.5 Å². The summed E-state index contributed by atoms with van der Waals surface area (Å²) in [6.45, 7) is 6.92. The minimum Gasteiger partial charge on any atom is -0.355 e. The summed E-state index contributed by atoms with van der Waals surface area (Å²) < 4.78 is 0. The normalized spacial score (nSPS) is 10.8. The van der Waals surface area contributed by atoms with Gasteiger partial charge in [-0.25, -0.2) is 15.8 Å². The van der Waals surface area contributed by atoms with Crippen LogP contribution in [-0.2, 0) is 6.54 Å². The summed E-state index contributed by atoms with van der Waals surface area (Å²) in [4.78, 5) is 11.3. The highest BCUT2D eigenvalue weighted by molar-refractivity contribution is 5.58. The van der Waals surface area contributed by atoms with Crippen molar-refractivity contribution in [3.63, 3.8) is 0 Å². The maximum atomic E-state index is 5.58. The third-order valence-corrected chi connectivity index (χ3v) is 3.41. The number of nitrogens with two attached hydrogens (primary N) is 1. The number of rotatable bonds is 5. The van der Waals surface area contributed by atoms with E-state index < -0.39 is 0 Å². The quantitative estimate of drug-likeness (QED) is 0.653. The third kappa shape index (κ3) is 3.49. The molecule has 0 aliphatic heterocycles. The maximum Gasteiger partial charge on any atom is 0.148 e. The molecule has 0 spiro atoms. The highest BCUT2D eigenvalue weighted by Crippen LogP contribution is 2.25. The minimum atomic E-state index is 0.251. The van der Waals surface area contributed by atoms with E-state index in [0.29, 0.717) is 5.82 Å². The topological polar surface area (TPSA) is 67.1 Å². The van der Waals surface area contributed by atoms with Crippen LogP contribution >= 0.6 is 0 Å². The van der Waals surface area contributed by atoms with Gasteiger partial charge in [0.2, 0.25) is 0 Å². The van der Waals surface area contributed by atoms with Crippen LogP contribution in [0.1, 0.15) is 36.7 Å². The van der Waals surface area contributed by atoms with Gasteiger partial charge in [0.05, 0.1) is 0 Å². The lowest BCUT2D eigenvalue weighted by Gasteiger charge is -2.23. The summed E-state index contributed by atoms with van der Waals surface area (Å²) in [7, 11) is 2.03. The van der Waals surface area contributed by atoms with Crippen LogP contribution in [0, 0.1) is 6.92 Å². The van der Waals surface area contributed by atoms with E-state index in [-0.39, 0.29) is 5.92 Å². The van der Waals surface area contributed by atoms with Gasteiger partial charge < -0.3 is 10.3 Å². The van der Waals surface area contributed by atoms with Crippen molar-refractivity contribution in [3.8, 4) is 0 Å². The van der Waals surface area contributed by atoms with Gasteiger partial charge in [-0.15, -0.1) is 0 Å². The predicted molar refractivity (Wildman–Crippen MR) is 87.2 cm³/mol. The highest BCUT2D eigenvalue weighted by Gasteiger charge is 2.15. The Kier molecular flexibility index (Phi) is 4.75. The van der Waals surface area contributed by atoms with Crippen molar-refractivity contribution in [1.82, 2.24) is 9.97 Å². The zero-order chi connectivity index (χ0) is 15.4. The number of aromatic nitrogens is 2. The SMILES string of the molecule is Cc1c(NN)nc(C(C)C)nc1N(C)Cc1ccccc1. The van der Waals surface area contributed by atoms with Crippen LogP contribution < -0.4 is 16.2 Å². The summed E-state index contributed by atoms with van der Waals surface area (Å²) in [6, 6.07) is 10.3. The van der Waals surface area contributed by atoms with Gasteiger partial charge in [0, 0.05) is 25.1 Å². The van der Waals surface area contributed by atoms with Crippen LogP contribution in [0.25, 0.3) is 0 Å². The van der Waals surface area contributed by atoms with Crippen LogP contribution in [0.3, 0.4) is 0 Å². The average molecular weight is 285 g/mol. The Labute approximate surface area is 126 Å². The van der Waals surface area contributed by atoms with Crippen molar-refractivity contribution >= 4 is 11.6 Å². The van der Waals surface area contributed by atoms with Crippen molar-refractivity contribution < 1.29 is 0 Å². The summed E-state index contributed by atoms with van der Waals surface area (Å²) in [5, 5.41) is 0. The van der Waals surface area contributed by atoms with Crippen molar-refractivity contribution in [3.05, 3.63) is 47.3 Å². The lowest BCUT2D eigenvalue weighted by Crippen LogP contribution is -2.22. The standard InChI is InChI=1S/C16H23N5/c1-11(2)14-18-15(20-17)12(3)16(19-14)21(4)10-13-8-6-5-7-9-13/h5-9,11H,10,17H2,1-4H3,(H,18,19,20). The highest BCUT2D eigenvalue weighted by atomic mass is 15.3. The Morgan fingerprint density at radius 2 is 1.86 bits per heavy atom. The molecule has 112 valence electrons. The van der Waals surface area contributed by atoms with E-state index in [9.17, 15) is 0 Å². The third-order valence-electron chi connectivity index (χ3n) is 3.41. The smallest absolute Gasteiger partial charge is 0.148 e.